The zero-order valence-corrected chi connectivity index (χ0v) is 17.3. The van der Waals surface area contributed by atoms with E-state index in [1.165, 1.54) is 34.8 Å². The molecule has 1 amide bonds. The van der Waals surface area contributed by atoms with E-state index < -0.39 is 29.4 Å². The highest BCUT2D eigenvalue weighted by molar-refractivity contribution is 6.11. The second kappa shape index (κ2) is 8.12. The van der Waals surface area contributed by atoms with Crippen LogP contribution in [0.3, 0.4) is 0 Å². The number of carbonyl (C=O) groups is 1. The highest BCUT2D eigenvalue weighted by Crippen LogP contribution is 2.37. The summed E-state index contributed by atoms with van der Waals surface area (Å²) in [5, 5.41) is 6.80. The Morgan fingerprint density at radius 2 is 1.82 bits per heavy atom. The molecule has 3 heterocycles. The van der Waals surface area contributed by atoms with Gasteiger partial charge in [0.15, 0.2) is 11.5 Å². The van der Waals surface area contributed by atoms with Gasteiger partial charge in [0.05, 0.1) is 6.04 Å². The predicted molar refractivity (Wildman–Crippen MR) is 117 cm³/mol. The Balaban J connectivity index is 1.51. The van der Waals surface area contributed by atoms with Gasteiger partial charge in [-0.25, -0.2) is 22.7 Å². The van der Waals surface area contributed by atoms with Crippen molar-refractivity contribution < 1.29 is 18.0 Å². The summed E-state index contributed by atoms with van der Waals surface area (Å²) in [4.78, 5) is 19.4. The van der Waals surface area contributed by atoms with Crippen LogP contribution in [0.25, 0.3) is 5.65 Å². The maximum Gasteiger partial charge on any atom is 0.263 e. The summed E-state index contributed by atoms with van der Waals surface area (Å²) in [6.07, 6.45) is 3.01. The van der Waals surface area contributed by atoms with E-state index in [2.05, 4.69) is 15.4 Å². The number of amides is 1. The Morgan fingerprint density at radius 1 is 1.06 bits per heavy atom. The first-order valence-electron chi connectivity index (χ1n) is 10.3. The lowest BCUT2D eigenvalue weighted by Gasteiger charge is -2.26. The van der Waals surface area contributed by atoms with E-state index in [0.29, 0.717) is 24.5 Å². The van der Waals surface area contributed by atoms with E-state index >= 15 is 0 Å². The SMILES string of the molecule is Nc1nn2ccc(N3CCCC3c3cc(F)ccc3F)nc2c1C(=O)Nc1ccc(F)cc1. The van der Waals surface area contributed by atoms with Gasteiger partial charge in [0, 0.05) is 24.0 Å². The summed E-state index contributed by atoms with van der Waals surface area (Å²) in [6.45, 7) is 0.588. The molecule has 0 saturated carbocycles. The second-order valence-corrected chi connectivity index (χ2v) is 7.79. The highest BCUT2D eigenvalue weighted by atomic mass is 19.1. The van der Waals surface area contributed by atoms with Gasteiger partial charge in [-0.2, -0.15) is 0 Å². The van der Waals surface area contributed by atoms with Gasteiger partial charge in [0.1, 0.15) is 28.8 Å². The van der Waals surface area contributed by atoms with Crippen molar-refractivity contribution in [1.29, 1.82) is 0 Å². The van der Waals surface area contributed by atoms with Crippen molar-refractivity contribution in [3.63, 3.8) is 0 Å². The van der Waals surface area contributed by atoms with E-state index in [1.54, 1.807) is 12.3 Å². The number of aromatic nitrogens is 3. The number of hydrogen-bond donors (Lipinski definition) is 2. The van der Waals surface area contributed by atoms with Gasteiger partial charge in [0.25, 0.3) is 5.91 Å². The molecule has 4 aromatic rings. The first kappa shape index (κ1) is 20.8. The lowest BCUT2D eigenvalue weighted by molar-refractivity contribution is 0.102. The molecule has 3 N–H and O–H groups in total. The Morgan fingerprint density at radius 3 is 2.61 bits per heavy atom. The first-order chi connectivity index (χ1) is 15.9. The van der Waals surface area contributed by atoms with Crippen LogP contribution in [0, 0.1) is 17.5 Å². The number of rotatable bonds is 4. The van der Waals surface area contributed by atoms with Gasteiger partial charge < -0.3 is 16.0 Å². The summed E-state index contributed by atoms with van der Waals surface area (Å²) in [5.41, 5.74) is 6.92. The number of benzene rings is 2. The van der Waals surface area contributed by atoms with Gasteiger partial charge in [-0.1, -0.05) is 0 Å². The molecule has 168 valence electrons. The van der Waals surface area contributed by atoms with Crippen LogP contribution in [0.2, 0.25) is 0 Å². The molecule has 1 unspecified atom stereocenters. The summed E-state index contributed by atoms with van der Waals surface area (Å²) in [5.74, 6) is -1.50. The van der Waals surface area contributed by atoms with E-state index in [0.717, 1.165) is 18.6 Å². The number of halogens is 3. The van der Waals surface area contributed by atoms with Gasteiger partial charge in [-0.05, 0) is 61.4 Å². The summed E-state index contributed by atoms with van der Waals surface area (Å²) in [6, 6.07) is 10.0. The maximum atomic E-state index is 14.4. The standard InChI is InChI=1S/C23H19F3N6O/c24-13-3-6-15(7-4-13)28-23(33)20-21(27)30-32-11-9-19(29-22(20)32)31-10-1-2-18(31)16-12-14(25)5-8-17(16)26/h3-9,11-12,18H,1-2,10H2,(H2,27,30)(H,28,33). The van der Waals surface area contributed by atoms with Crippen molar-refractivity contribution >= 4 is 28.9 Å². The van der Waals surface area contributed by atoms with Crippen molar-refractivity contribution in [2.45, 2.75) is 18.9 Å². The minimum absolute atomic E-state index is 0.0200. The Labute approximate surface area is 186 Å². The molecule has 0 aliphatic carbocycles. The molecule has 1 saturated heterocycles. The molecule has 0 bridgehead atoms. The molecule has 10 heteroatoms. The Hall–Kier alpha value is -4.08. The molecule has 0 spiro atoms. The molecule has 7 nitrogen and oxygen atoms in total. The highest BCUT2D eigenvalue weighted by Gasteiger charge is 2.30. The topological polar surface area (TPSA) is 88.5 Å². The van der Waals surface area contributed by atoms with Gasteiger partial charge in [0.2, 0.25) is 0 Å². The Kier molecular flexibility index (Phi) is 5.12. The molecule has 2 aromatic heterocycles. The zero-order valence-electron chi connectivity index (χ0n) is 17.3. The molecular weight excluding hydrogens is 433 g/mol. The predicted octanol–water partition coefficient (Wildman–Crippen LogP) is 4.32. The van der Waals surface area contributed by atoms with Crippen LogP contribution in [0.1, 0.15) is 34.8 Å². The van der Waals surface area contributed by atoms with Crippen LogP contribution >= 0.6 is 0 Å². The van der Waals surface area contributed by atoms with Gasteiger partial charge >= 0.3 is 0 Å². The fraction of sp³-hybridized carbons (Fsp3) is 0.174. The molecule has 0 radical (unpaired) electrons. The quantitative estimate of drug-likeness (QED) is 0.481. The molecular formula is C23H19F3N6O. The van der Waals surface area contributed by atoms with Crippen molar-refractivity contribution in [2.24, 2.45) is 0 Å². The molecule has 2 aromatic carbocycles. The van der Waals surface area contributed by atoms with E-state index in [1.807, 2.05) is 4.90 Å². The van der Waals surface area contributed by atoms with Crippen LogP contribution in [-0.2, 0) is 0 Å². The van der Waals surface area contributed by atoms with Crippen LogP contribution < -0.4 is 16.0 Å². The fourth-order valence-electron chi connectivity index (χ4n) is 4.18. The monoisotopic (exact) mass is 452 g/mol. The molecule has 1 atom stereocenters. The number of carbonyl (C=O) groups excluding carboxylic acids is 1. The lowest BCUT2D eigenvalue weighted by atomic mass is 10.0. The summed E-state index contributed by atoms with van der Waals surface area (Å²) >= 11 is 0. The molecule has 1 fully saturated rings. The second-order valence-electron chi connectivity index (χ2n) is 7.79. The number of nitrogens with one attached hydrogen (secondary N) is 1. The van der Waals surface area contributed by atoms with Gasteiger partial charge in [-0.15, -0.1) is 5.10 Å². The average Bonchev–Trinajstić information content (AvgIpc) is 3.40. The lowest BCUT2D eigenvalue weighted by Crippen LogP contribution is -2.25. The van der Waals surface area contributed by atoms with Crippen molar-refractivity contribution in [2.75, 3.05) is 22.5 Å². The van der Waals surface area contributed by atoms with Crippen molar-refractivity contribution in [1.82, 2.24) is 14.6 Å². The number of fused-ring (bicyclic) bond motifs is 1. The van der Waals surface area contributed by atoms with Crippen LogP contribution in [0.5, 0.6) is 0 Å². The van der Waals surface area contributed by atoms with E-state index in [4.69, 9.17) is 5.73 Å². The minimum atomic E-state index is -0.548. The van der Waals surface area contributed by atoms with E-state index in [9.17, 15) is 18.0 Å². The zero-order chi connectivity index (χ0) is 23.1. The average molecular weight is 452 g/mol. The number of nitrogens with two attached hydrogens (primary N) is 1. The summed E-state index contributed by atoms with van der Waals surface area (Å²) < 4.78 is 42.8. The molecule has 1 aliphatic rings. The molecule has 5 rings (SSSR count). The third-order valence-electron chi connectivity index (χ3n) is 5.69. The maximum absolute atomic E-state index is 14.4. The summed E-state index contributed by atoms with van der Waals surface area (Å²) in [7, 11) is 0. The number of anilines is 3. The van der Waals surface area contributed by atoms with Crippen LogP contribution in [0.4, 0.5) is 30.5 Å². The normalized spacial score (nSPS) is 15.8. The molecule has 33 heavy (non-hydrogen) atoms. The Bertz CT molecular complexity index is 1350. The fourth-order valence-corrected chi connectivity index (χ4v) is 4.18. The van der Waals surface area contributed by atoms with Crippen LogP contribution in [-0.4, -0.2) is 27.0 Å². The van der Waals surface area contributed by atoms with E-state index in [-0.39, 0.29) is 22.6 Å². The van der Waals surface area contributed by atoms with Crippen LogP contribution in [0.15, 0.2) is 54.7 Å². The minimum Gasteiger partial charge on any atom is -0.381 e. The third-order valence-corrected chi connectivity index (χ3v) is 5.69. The number of hydrogen-bond acceptors (Lipinski definition) is 5. The van der Waals surface area contributed by atoms with Crippen molar-refractivity contribution in [3.05, 3.63) is 83.3 Å². The van der Waals surface area contributed by atoms with Crippen molar-refractivity contribution in [3.8, 4) is 0 Å². The third kappa shape index (κ3) is 3.84. The first-order valence-corrected chi connectivity index (χ1v) is 10.3. The smallest absolute Gasteiger partial charge is 0.263 e. The number of nitrogen functional groups attached to an aromatic ring is 1. The molecule has 1 aliphatic heterocycles. The largest absolute Gasteiger partial charge is 0.381 e. The van der Waals surface area contributed by atoms with Gasteiger partial charge in [-0.3, -0.25) is 4.79 Å². The number of nitrogens with zero attached hydrogens (tertiary/aromatic N) is 4.